The summed E-state index contributed by atoms with van der Waals surface area (Å²) >= 11 is 0. The lowest BCUT2D eigenvalue weighted by atomic mass is 10.1. The van der Waals surface area contributed by atoms with Crippen LogP contribution in [0.15, 0.2) is 12.3 Å². The molecule has 134 valence electrons. The summed E-state index contributed by atoms with van der Waals surface area (Å²) < 4.78 is 5.47. The summed E-state index contributed by atoms with van der Waals surface area (Å²) in [5, 5.41) is 12.5. The molecule has 1 aromatic heterocycles. The Kier molecular flexibility index (Phi) is 4.85. The highest BCUT2D eigenvalue weighted by atomic mass is 16.6. The Hall–Kier alpha value is -2.29. The van der Waals surface area contributed by atoms with E-state index < -0.39 is 5.60 Å². The van der Waals surface area contributed by atoms with Crippen molar-refractivity contribution in [3.8, 4) is 6.07 Å². The Morgan fingerprint density at radius 3 is 2.92 bits per heavy atom. The largest absolute Gasteiger partial charge is 0.444 e. The lowest BCUT2D eigenvalue weighted by Gasteiger charge is -2.31. The number of anilines is 1. The average Bonchev–Trinajstić information content (AvgIpc) is 3.00. The summed E-state index contributed by atoms with van der Waals surface area (Å²) in [6, 6.07) is 4.76. The first-order valence-corrected chi connectivity index (χ1v) is 8.96. The molecule has 0 radical (unpaired) electrons. The molecule has 1 fully saturated rings. The summed E-state index contributed by atoms with van der Waals surface area (Å²) in [5.74, 6) is 0.158. The van der Waals surface area contributed by atoms with Crippen LogP contribution in [0.25, 0.3) is 0 Å². The zero-order valence-corrected chi connectivity index (χ0v) is 15.2. The van der Waals surface area contributed by atoms with Gasteiger partial charge in [-0.25, -0.2) is 4.79 Å². The fourth-order valence-electron chi connectivity index (χ4n) is 3.45. The quantitative estimate of drug-likeness (QED) is 0.890. The number of nitrogens with zero attached hydrogens (tertiary/aromatic N) is 3. The van der Waals surface area contributed by atoms with Gasteiger partial charge >= 0.3 is 6.09 Å². The second-order valence-electron chi connectivity index (χ2n) is 7.96. The predicted octanol–water partition coefficient (Wildman–Crippen LogP) is 3.48. The van der Waals surface area contributed by atoms with Gasteiger partial charge in [0.15, 0.2) is 0 Å². The van der Waals surface area contributed by atoms with E-state index in [9.17, 15) is 4.79 Å². The van der Waals surface area contributed by atoms with Gasteiger partial charge in [-0.3, -0.25) is 4.98 Å². The molecule has 25 heavy (non-hydrogen) atoms. The van der Waals surface area contributed by atoms with E-state index >= 15 is 0 Å². The van der Waals surface area contributed by atoms with E-state index in [2.05, 4.69) is 22.4 Å². The van der Waals surface area contributed by atoms with Crippen LogP contribution in [-0.2, 0) is 17.7 Å². The van der Waals surface area contributed by atoms with Gasteiger partial charge in [0.1, 0.15) is 5.60 Å². The van der Waals surface area contributed by atoms with Gasteiger partial charge in [-0.1, -0.05) is 0 Å². The number of aromatic nitrogens is 1. The van der Waals surface area contributed by atoms with Gasteiger partial charge in [0.2, 0.25) is 0 Å². The second-order valence-corrected chi connectivity index (χ2v) is 7.96. The number of nitriles is 1. The summed E-state index contributed by atoms with van der Waals surface area (Å²) in [5.41, 5.74) is 2.59. The summed E-state index contributed by atoms with van der Waals surface area (Å²) in [6.07, 6.45) is 5.19. The molecule has 0 saturated heterocycles. The van der Waals surface area contributed by atoms with Crippen LogP contribution in [0, 0.1) is 17.2 Å². The maximum Gasteiger partial charge on any atom is 0.410 e. The van der Waals surface area contributed by atoms with Crippen molar-refractivity contribution in [2.45, 2.75) is 64.6 Å². The molecule has 0 spiro atoms. The fraction of sp³-hybridized carbons (Fsp3) is 0.632. The maximum absolute atomic E-state index is 12.3. The number of carbonyl (C=O) groups is 1. The molecule has 2 heterocycles. The number of hydrogen-bond acceptors (Lipinski definition) is 5. The summed E-state index contributed by atoms with van der Waals surface area (Å²) in [4.78, 5) is 18.6. The van der Waals surface area contributed by atoms with Crippen LogP contribution in [0.3, 0.4) is 0 Å². The van der Waals surface area contributed by atoms with E-state index in [1.165, 1.54) is 0 Å². The van der Waals surface area contributed by atoms with E-state index in [1.54, 1.807) is 4.90 Å². The van der Waals surface area contributed by atoms with E-state index in [0.29, 0.717) is 19.1 Å². The summed E-state index contributed by atoms with van der Waals surface area (Å²) in [7, 11) is 0. The van der Waals surface area contributed by atoms with Gasteiger partial charge in [-0.15, -0.1) is 0 Å². The lowest BCUT2D eigenvalue weighted by molar-refractivity contribution is 0.0223. The molecule has 1 aromatic rings. The number of hydrogen-bond donors (Lipinski definition) is 1. The minimum atomic E-state index is -0.487. The predicted molar refractivity (Wildman–Crippen MR) is 94.9 cm³/mol. The summed E-state index contributed by atoms with van der Waals surface area (Å²) in [6.45, 7) is 6.79. The van der Waals surface area contributed by atoms with Gasteiger partial charge in [0.05, 0.1) is 24.5 Å². The first-order valence-electron chi connectivity index (χ1n) is 8.96. The number of nitrogens with one attached hydrogen (secondary N) is 1. The first-order chi connectivity index (χ1) is 11.8. The van der Waals surface area contributed by atoms with Crippen LogP contribution in [0.4, 0.5) is 10.5 Å². The van der Waals surface area contributed by atoms with Crippen molar-refractivity contribution in [1.29, 1.82) is 5.26 Å². The van der Waals surface area contributed by atoms with Gasteiger partial charge in [0, 0.05) is 30.6 Å². The van der Waals surface area contributed by atoms with Gasteiger partial charge < -0.3 is 15.0 Å². The third kappa shape index (κ3) is 4.41. The van der Waals surface area contributed by atoms with Crippen LogP contribution >= 0.6 is 0 Å². The van der Waals surface area contributed by atoms with Crippen molar-refractivity contribution in [2.75, 3.05) is 11.9 Å². The Morgan fingerprint density at radius 2 is 2.24 bits per heavy atom. The first kappa shape index (κ1) is 17.5. The van der Waals surface area contributed by atoms with Crippen molar-refractivity contribution < 1.29 is 9.53 Å². The molecule has 0 bridgehead atoms. The molecule has 1 amide bonds. The average molecular weight is 342 g/mol. The van der Waals surface area contributed by atoms with Gasteiger partial charge in [-0.05, 0) is 51.7 Å². The molecule has 2 unspecified atom stereocenters. The Morgan fingerprint density at radius 1 is 1.44 bits per heavy atom. The molecule has 2 atom stereocenters. The number of fused-ring (bicyclic) bond motifs is 1. The van der Waals surface area contributed by atoms with E-state index in [4.69, 9.17) is 10.00 Å². The van der Waals surface area contributed by atoms with E-state index in [0.717, 1.165) is 42.6 Å². The fourth-order valence-corrected chi connectivity index (χ4v) is 3.45. The highest BCUT2D eigenvalue weighted by Gasteiger charge is 2.27. The van der Waals surface area contributed by atoms with Crippen molar-refractivity contribution in [3.63, 3.8) is 0 Å². The molecule has 6 nitrogen and oxygen atoms in total. The number of carbonyl (C=O) groups excluding carboxylic acids is 1. The zero-order valence-electron chi connectivity index (χ0n) is 15.2. The number of ether oxygens (including phenoxy) is 1. The molecule has 1 saturated carbocycles. The second kappa shape index (κ2) is 6.91. The highest BCUT2D eigenvalue weighted by molar-refractivity contribution is 5.68. The highest BCUT2D eigenvalue weighted by Crippen LogP contribution is 2.28. The van der Waals surface area contributed by atoms with Crippen molar-refractivity contribution in [2.24, 2.45) is 5.92 Å². The smallest absolute Gasteiger partial charge is 0.410 e. The van der Waals surface area contributed by atoms with E-state index in [1.807, 2.05) is 27.0 Å². The SMILES string of the molecule is CC(C)(C)OC(=O)N1CCc2ncc(NC3CCC(C#N)C3)cc2C1. The third-order valence-electron chi connectivity index (χ3n) is 4.68. The molecule has 1 aliphatic heterocycles. The monoisotopic (exact) mass is 342 g/mol. The zero-order chi connectivity index (χ0) is 18.0. The normalized spacial score (nSPS) is 22.9. The Bertz CT molecular complexity index is 690. The van der Waals surface area contributed by atoms with Crippen LogP contribution in [0.5, 0.6) is 0 Å². The third-order valence-corrected chi connectivity index (χ3v) is 4.68. The number of amides is 1. The molecule has 0 aromatic carbocycles. The molecule has 6 heteroatoms. The van der Waals surface area contributed by atoms with E-state index in [-0.39, 0.29) is 12.0 Å². The lowest BCUT2D eigenvalue weighted by Crippen LogP contribution is -2.40. The van der Waals surface area contributed by atoms with Crippen LogP contribution in [0.1, 0.15) is 51.3 Å². The number of rotatable bonds is 2. The van der Waals surface area contributed by atoms with Crippen molar-refractivity contribution in [1.82, 2.24) is 9.88 Å². The van der Waals surface area contributed by atoms with Gasteiger partial charge in [0.25, 0.3) is 0 Å². The molecular formula is C19H26N4O2. The minimum Gasteiger partial charge on any atom is -0.444 e. The molecule has 2 aliphatic rings. The van der Waals surface area contributed by atoms with Crippen molar-refractivity contribution >= 4 is 11.8 Å². The van der Waals surface area contributed by atoms with Crippen LogP contribution < -0.4 is 5.32 Å². The molecule has 1 N–H and O–H groups in total. The Labute approximate surface area is 149 Å². The topological polar surface area (TPSA) is 78.2 Å². The molecule has 3 rings (SSSR count). The molecule has 1 aliphatic carbocycles. The standard InChI is InChI=1S/C19H26N4O2/c1-19(2,3)25-18(24)23-7-6-17-14(12-23)9-16(11-21-17)22-15-5-4-13(8-15)10-20/h9,11,13,15,22H,4-8,12H2,1-3H3. The van der Waals surface area contributed by atoms with Crippen LogP contribution in [-0.4, -0.2) is 34.2 Å². The Balaban J connectivity index is 1.65. The minimum absolute atomic E-state index is 0.158. The molecular weight excluding hydrogens is 316 g/mol. The van der Waals surface area contributed by atoms with Crippen molar-refractivity contribution in [3.05, 3.63) is 23.5 Å². The van der Waals surface area contributed by atoms with Gasteiger partial charge in [-0.2, -0.15) is 5.26 Å². The van der Waals surface area contributed by atoms with Crippen LogP contribution in [0.2, 0.25) is 0 Å². The maximum atomic E-state index is 12.3. The number of pyridine rings is 1.